The number of methoxy groups -OCH3 is 1. The minimum Gasteiger partial charge on any atom is -0.489 e. The summed E-state index contributed by atoms with van der Waals surface area (Å²) in [7, 11) is 3.24. The van der Waals surface area contributed by atoms with Crippen LogP contribution in [0.3, 0.4) is 0 Å². The summed E-state index contributed by atoms with van der Waals surface area (Å²) in [6.45, 7) is 2.41. The van der Waals surface area contributed by atoms with Gasteiger partial charge in [-0.2, -0.15) is 5.10 Å². The quantitative estimate of drug-likeness (QED) is 0.792. The molecule has 2 aromatic heterocycles. The van der Waals surface area contributed by atoms with Gasteiger partial charge in [-0.25, -0.2) is 4.98 Å². The van der Waals surface area contributed by atoms with Gasteiger partial charge < -0.3 is 4.74 Å². The average molecular weight is 283 g/mol. The van der Waals surface area contributed by atoms with Crippen molar-refractivity contribution in [3.63, 3.8) is 0 Å². The predicted molar refractivity (Wildman–Crippen MR) is 71.7 cm³/mol. The van der Waals surface area contributed by atoms with Crippen LogP contribution >= 0.6 is 11.6 Å². The number of aromatic nitrogens is 4. The van der Waals surface area contributed by atoms with Gasteiger partial charge in [0, 0.05) is 7.05 Å². The van der Waals surface area contributed by atoms with Crippen LogP contribution in [0.2, 0.25) is 5.15 Å². The van der Waals surface area contributed by atoms with Crippen LogP contribution in [0.5, 0.6) is 5.75 Å². The minimum atomic E-state index is -0.304. The van der Waals surface area contributed by atoms with Crippen LogP contribution in [-0.4, -0.2) is 26.4 Å². The van der Waals surface area contributed by atoms with Gasteiger partial charge in [-0.05, 0) is 12.5 Å². The van der Waals surface area contributed by atoms with E-state index in [2.05, 4.69) is 10.1 Å². The van der Waals surface area contributed by atoms with Gasteiger partial charge in [0.25, 0.3) is 5.56 Å². The Kier molecular flexibility index (Phi) is 3.90. The summed E-state index contributed by atoms with van der Waals surface area (Å²) >= 11 is 5.80. The molecular formula is C12H15ClN4O2. The lowest BCUT2D eigenvalue weighted by molar-refractivity contribution is 0.400. The van der Waals surface area contributed by atoms with Gasteiger partial charge in [0.2, 0.25) is 5.75 Å². The third-order valence-electron chi connectivity index (χ3n) is 2.88. The minimum absolute atomic E-state index is 0.0575. The molecular weight excluding hydrogens is 268 g/mol. The van der Waals surface area contributed by atoms with Crippen molar-refractivity contribution in [2.75, 3.05) is 7.11 Å². The van der Waals surface area contributed by atoms with E-state index in [1.807, 2.05) is 20.0 Å². The van der Waals surface area contributed by atoms with Crippen molar-refractivity contribution < 1.29 is 4.74 Å². The van der Waals surface area contributed by atoms with Crippen LogP contribution in [-0.2, 0) is 20.0 Å². The van der Waals surface area contributed by atoms with Crippen LogP contribution in [0.25, 0.3) is 0 Å². The first-order valence-electron chi connectivity index (χ1n) is 5.87. The molecule has 2 aromatic rings. The first-order valence-corrected chi connectivity index (χ1v) is 6.25. The monoisotopic (exact) mass is 282 g/mol. The third-order valence-corrected chi connectivity index (χ3v) is 3.15. The molecule has 102 valence electrons. The van der Waals surface area contributed by atoms with E-state index in [4.69, 9.17) is 16.3 Å². The van der Waals surface area contributed by atoms with E-state index in [0.29, 0.717) is 6.54 Å². The normalized spacial score (nSPS) is 10.7. The second kappa shape index (κ2) is 5.44. The van der Waals surface area contributed by atoms with Gasteiger partial charge in [-0.3, -0.25) is 14.0 Å². The van der Waals surface area contributed by atoms with E-state index in [1.165, 1.54) is 18.0 Å². The summed E-state index contributed by atoms with van der Waals surface area (Å²) in [5, 5.41) is 4.41. The van der Waals surface area contributed by atoms with Crippen molar-refractivity contribution >= 4 is 11.6 Å². The van der Waals surface area contributed by atoms with E-state index in [9.17, 15) is 4.79 Å². The lowest BCUT2D eigenvalue weighted by Crippen LogP contribution is -2.23. The summed E-state index contributed by atoms with van der Waals surface area (Å²) in [6.07, 6.45) is 2.26. The Balaban J connectivity index is 2.38. The molecule has 0 aliphatic carbocycles. The molecule has 19 heavy (non-hydrogen) atoms. The number of aryl methyl sites for hydroxylation is 2. The molecule has 0 bridgehead atoms. The molecule has 0 spiro atoms. The zero-order valence-electron chi connectivity index (χ0n) is 11.1. The number of hydrogen-bond acceptors (Lipinski definition) is 4. The highest BCUT2D eigenvalue weighted by atomic mass is 35.5. The Hall–Kier alpha value is -1.82. The molecule has 6 nitrogen and oxygen atoms in total. The Bertz CT molecular complexity index is 648. The average Bonchev–Trinajstić information content (AvgIpc) is 2.74. The third kappa shape index (κ3) is 2.63. The summed E-state index contributed by atoms with van der Waals surface area (Å²) in [5.41, 5.74) is 1.60. The van der Waals surface area contributed by atoms with Crippen molar-refractivity contribution in [2.45, 2.75) is 19.9 Å². The maximum absolute atomic E-state index is 12.1. The van der Waals surface area contributed by atoms with E-state index in [1.54, 1.807) is 4.68 Å². The molecule has 0 N–H and O–H groups in total. The molecule has 0 atom stereocenters. The van der Waals surface area contributed by atoms with Crippen molar-refractivity contribution in [1.29, 1.82) is 0 Å². The summed E-state index contributed by atoms with van der Waals surface area (Å²) in [5.74, 6) is 0.0575. The Morgan fingerprint density at radius 1 is 1.47 bits per heavy atom. The van der Waals surface area contributed by atoms with Gasteiger partial charge in [0.05, 0.1) is 31.4 Å². The van der Waals surface area contributed by atoms with Crippen LogP contribution in [0.1, 0.15) is 18.3 Å². The number of rotatable bonds is 4. The number of nitrogens with zero attached hydrogens (tertiary/aromatic N) is 4. The molecule has 0 aliphatic rings. The number of halogens is 1. The highest BCUT2D eigenvalue weighted by Gasteiger charge is 2.12. The second-order valence-corrected chi connectivity index (χ2v) is 4.46. The van der Waals surface area contributed by atoms with Gasteiger partial charge in [0.15, 0.2) is 5.15 Å². The Morgan fingerprint density at radius 3 is 2.79 bits per heavy atom. The maximum Gasteiger partial charge on any atom is 0.297 e. The van der Waals surface area contributed by atoms with Gasteiger partial charge in [0.1, 0.15) is 0 Å². The van der Waals surface area contributed by atoms with Crippen molar-refractivity contribution in [1.82, 2.24) is 19.3 Å². The van der Waals surface area contributed by atoms with Gasteiger partial charge in [-0.1, -0.05) is 18.5 Å². The van der Waals surface area contributed by atoms with Gasteiger partial charge >= 0.3 is 0 Å². The lowest BCUT2D eigenvalue weighted by Gasteiger charge is -2.08. The zero-order valence-corrected chi connectivity index (χ0v) is 11.8. The van der Waals surface area contributed by atoms with Crippen LogP contribution in [0.4, 0.5) is 0 Å². The molecule has 0 saturated heterocycles. The first kappa shape index (κ1) is 13.6. The fourth-order valence-electron chi connectivity index (χ4n) is 1.80. The second-order valence-electron chi connectivity index (χ2n) is 4.11. The van der Waals surface area contributed by atoms with E-state index in [0.717, 1.165) is 17.8 Å². The molecule has 0 unspecified atom stereocenters. The maximum atomic E-state index is 12.1. The largest absolute Gasteiger partial charge is 0.489 e. The van der Waals surface area contributed by atoms with Crippen molar-refractivity contribution in [3.8, 4) is 5.75 Å². The molecule has 0 aromatic carbocycles. The molecule has 2 rings (SSSR count). The molecule has 0 aliphatic heterocycles. The summed E-state index contributed by atoms with van der Waals surface area (Å²) < 4.78 is 8.16. The fourth-order valence-corrected chi connectivity index (χ4v) is 2.00. The number of ether oxygens (including phenoxy) is 1. The highest BCUT2D eigenvalue weighted by Crippen LogP contribution is 2.15. The standard InChI is InChI=1S/C12H15ClN4O2/c1-4-8-5-9(16(2)15-8)6-17-7-14-11(13)10(19-3)12(17)18/h5,7H,4,6H2,1-3H3. The summed E-state index contributed by atoms with van der Waals surface area (Å²) in [6, 6.07) is 1.97. The van der Waals surface area contributed by atoms with Crippen molar-refractivity contribution in [2.24, 2.45) is 7.05 Å². The highest BCUT2D eigenvalue weighted by molar-refractivity contribution is 6.30. The first-order chi connectivity index (χ1) is 9.06. The van der Waals surface area contributed by atoms with E-state index < -0.39 is 0 Å². The van der Waals surface area contributed by atoms with Crippen LogP contribution in [0, 0.1) is 0 Å². The SMILES string of the molecule is CCc1cc(Cn2cnc(Cl)c(OC)c2=O)n(C)n1. The smallest absolute Gasteiger partial charge is 0.297 e. The topological polar surface area (TPSA) is 61.9 Å². The molecule has 7 heteroatoms. The lowest BCUT2D eigenvalue weighted by atomic mass is 10.3. The van der Waals surface area contributed by atoms with Crippen LogP contribution < -0.4 is 10.3 Å². The summed E-state index contributed by atoms with van der Waals surface area (Å²) in [4.78, 5) is 16.0. The zero-order chi connectivity index (χ0) is 14.0. The number of hydrogen-bond donors (Lipinski definition) is 0. The van der Waals surface area contributed by atoms with Crippen molar-refractivity contribution in [3.05, 3.63) is 39.3 Å². The molecule has 0 fully saturated rings. The molecule has 0 saturated carbocycles. The molecule has 0 radical (unpaired) electrons. The molecule has 2 heterocycles. The Labute approximate surface area is 115 Å². The molecule has 0 amide bonds. The fraction of sp³-hybridized carbons (Fsp3) is 0.417. The van der Waals surface area contributed by atoms with Gasteiger partial charge in [-0.15, -0.1) is 0 Å². The Morgan fingerprint density at radius 2 is 2.21 bits per heavy atom. The predicted octanol–water partition coefficient (Wildman–Crippen LogP) is 1.25. The van der Waals surface area contributed by atoms with E-state index in [-0.39, 0.29) is 16.5 Å². The van der Waals surface area contributed by atoms with E-state index >= 15 is 0 Å². The van der Waals surface area contributed by atoms with Crippen LogP contribution in [0.15, 0.2) is 17.2 Å².